The summed E-state index contributed by atoms with van der Waals surface area (Å²) < 4.78 is 0. The summed E-state index contributed by atoms with van der Waals surface area (Å²) in [5.41, 5.74) is 15.4. The number of amides is 1. The third-order valence-electron chi connectivity index (χ3n) is 5.28. The highest BCUT2D eigenvalue weighted by Gasteiger charge is 2.42. The molecule has 3 rings (SSSR count). The minimum Gasteiger partial charge on any atom is -0.307 e. The molecule has 0 unspecified atom stereocenters. The number of hydrazine groups is 2. The molecule has 0 spiro atoms. The van der Waals surface area contributed by atoms with E-state index in [2.05, 4.69) is 29.8 Å². The molecular formula is C20H24ClN7O. The maximum atomic E-state index is 11.8. The van der Waals surface area contributed by atoms with E-state index in [4.69, 9.17) is 28.0 Å². The van der Waals surface area contributed by atoms with Crippen molar-refractivity contribution in [3.63, 3.8) is 0 Å². The summed E-state index contributed by atoms with van der Waals surface area (Å²) in [6.45, 7) is 4.65. The molecule has 5 N–H and O–H groups in total. The average Bonchev–Trinajstić information content (AvgIpc) is 2.73. The van der Waals surface area contributed by atoms with Crippen molar-refractivity contribution in [1.82, 2.24) is 10.9 Å². The number of carbonyl (C=O) groups excluding carboxylic acids is 1. The number of anilines is 1. The topological polar surface area (TPSA) is 119 Å². The Hall–Kier alpha value is -2.81. The maximum Gasteiger partial charge on any atom is 0.294 e. The van der Waals surface area contributed by atoms with Gasteiger partial charge in [-0.2, -0.15) is 0 Å². The molecule has 1 amide bonds. The summed E-state index contributed by atoms with van der Waals surface area (Å²) in [5, 5.41) is 5.35. The Labute approximate surface area is 174 Å². The summed E-state index contributed by atoms with van der Waals surface area (Å²) in [5.74, 6) is 6.56. The molecule has 1 heterocycles. The van der Waals surface area contributed by atoms with Crippen molar-refractivity contribution in [2.75, 3.05) is 5.01 Å². The highest BCUT2D eigenvalue weighted by molar-refractivity contribution is 6.30. The Balaban J connectivity index is 1.92. The van der Waals surface area contributed by atoms with E-state index in [1.165, 1.54) is 0 Å². The van der Waals surface area contributed by atoms with Crippen LogP contribution in [-0.2, 0) is 6.54 Å². The number of rotatable bonds is 6. The molecule has 1 aliphatic rings. The van der Waals surface area contributed by atoms with Crippen molar-refractivity contribution in [2.24, 2.45) is 15.9 Å². The number of nitrogens with one attached hydrogen (secondary N) is 3. The zero-order chi connectivity index (χ0) is 21.0. The molecule has 0 bridgehead atoms. The van der Waals surface area contributed by atoms with Crippen molar-refractivity contribution in [1.29, 1.82) is 5.53 Å². The Morgan fingerprint density at radius 1 is 1.28 bits per heavy atom. The fourth-order valence-electron chi connectivity index (χ4n) is 3.53. The molecule has 0 fully saturated rings. The number of nitrogens with zero attached hydrogens (tertiary/aromatic N) is 3. The van der Waals surface area contributed by atoms with Gasteiger partial charge in [0.25, 0.3) is 5.91 Å². The predicted molar refractivity (Wildman–Crippen MR) is 114 cm³/mol. The van der Waals surface area contributed by atoms with E-state index in [1.807, 2.05) is 24.3 Å². The minimum absolute atomic E-state index is 0.294. The molecule has 0 saturated heterocycles. The lowest BCUT2D eigenvalue weighted by atomic mass is 9.88. The van der Waals surface area contributed by atoms with Gasteiger partial charge in [-0.15, -0.1) is 5.11 Å². The van der Waals surface area contributed by atoms with Gasteiger partial charge in [-0.05, 0) is 48.7 Å². The van der Waals surface area contributed by atoms with Crippen LogP contribution in [0, 0.1) is 5.53 Å². The minimum atomic E-state index is -0.622. The molecule has 0 atom stereocenters. The van der Waals surface area contributed by atoms with Gasteiger partial charge in [0.1, 0.15) is 11.4 Å². The lowest BCUT2D eigenvalue weighted by Gasteiger charge is -2.45. The first-order chi connectivity index (χ1) is 13.9. The highest BCUT2D eigenvalue weighted by Crippen LogP contribution is 2.40. The van der Waals surface area contributed by atoms with Crippen LogP contribution in [0.4, 0.5) is 11.4 Å². The van der Waals surface area contributed by atoms with Gasteiger partial charge in [0.15, 0.2) is 0 Å². The lowest BCUT2D eigenvalue weighted by Crippen LogP contribution is -2.64. The van der Waals surface area contributed by atoms with Crippen LogP contribution >= 0.6 is 11.6 Å². The van der Waals surface area contributed by atoms with Crippen LogP contribution in [-0.4, -0.2) is 17.3 Å². The third-order valence-corrected chi connectivity index (χ3v) is 5.51. The number of amidine groups is 1. The van der Waals surface area contributed by atoms with Crippen LogP contribution < -0.4 is 21.7 Å². The molecule has 9 heteroatoms. The van der Waals surface area contributed by atoms with Crippen molar-refractivity contribution >= 4 is 34.7 Å². The molecule has 0 aromatic heterocycles. The van der Waals surface area contributed by atoms with Crippen LogP contribution in [0.25, 0.3) is 0 Å². The van der Waals surface area contributed by atoms with E-state index in [-0.39, 0.29) is 0 Å². The summed E-state index contributed by atoms with van der Waals surface area (Å²) in [6, 6.07) is 12.5. The van der Waals surface area contributed by atoms with Gasteiger partial charge < -0.3 is 5.43 Å². The Morgan fingerprint density at radius 3 is 2.69 bits per heavy atom. The summed E-state index contributed by atoms with van der Waals surface area (Å²) in [4.78, 5) is 16.5. The molecule has 0 aliphatic carbocycles. The largest absolute Gasteiger partial charge is 0.307 e. The number of hydrogen-bond acceptors (Lipinski definition) is 7. The lowest BCUT2D eigenvalue weighted by molar-refractivity contribution is 0.0991. The zero-order valence-corrected chi connectivity index (χ0v) is 17.1. The van der Waals surface area contributed by atoms with Crippen LogP contribution in [0.3, 0.4) is 0 Å². The first-order valence-electron chi connectivity index (χ1n) is 9.38. The van der Waals surface area contributed by atoms with Crippen molar-refractivity contribution in [3.05, 3.63) is 58.6 Å². The Bertz CT molecular complexity index is 956. The number of carbonyl (C=O) groups is 1. The summed E-state index contributed by atoms with van der Waals surface area (Å²) in [7, 11) is 0. The normalized spacial score (nSPS) is 14.8. The van der Waals surface area contributed by atoms with E-state index in [0.717, 1.165) is 24.1 Å². The van der Waals surface area contributed by atoms with Crippen LogP contribution in [0.1, 0.15) is 42.6 Å². The number of aliphatic imine (C=N–C) groups is 1. The number of hydrogen-bond donors (Lipinski definition) is 4. The van der Waals surface area contributed by atoms with Gasteiger partial charge >= 0.3 is 0 Å². The smallest absolute Gasteiger partial charge is 0.294 e. The van der Waals surface area contributed by atoms with Gasteiger partial charge in [0.05, 0.1) is 11.4 Å². The molecule has 29 heavy (non-hydrogen) atoms. The highest BCUT2D eigenvalue weighted by atomic mass is 35.5. The molecular weight excluding hydrogens is 390 g/mol. The molecule has 0 radical (unpaired) electrons. The second kappa shape index (κ2) is 8.69. The summed E-state index contributed by atoms with van der Waals surface area (Å²) in [6.07, 6.45) is 1.46. The average molecular weight is 414 g/mol. The fraction of sp³-hybridized carbons (Fsp3) is 0.300. The van der Waals surface area contributed by atoms with Crippen molar-refractivity contribution < 1.29 is 4.79 Å². The number of benzene rings is 2. The van der Waals surface area contributed by atoms with Gasteiger partial charge in [-0.3, -0.25) is 9.80 Å². The zero-order valence-electron chi connectivity index (χ0n) is 16.4. The van der Waals surface area contributed by atoms with Crippen molar-refractivity contribution in [3.8, 4) is 0 Å². The van der Waals surface area contributed by atoms with E-state index in [9.17, 15) is 4.79 Å². The number of nitrogens with two attached hydrogens (primary N) is 1. The molecule has 2 aromatic carbocycles. The van der Waals surface area contributed by atoms with Gasteiger partial charge in [0, 0.05) is 17.1 Å². The van der Waals surface area contributed by atoms with Gasteiger partial charge in [-0.1, -0.05) is 37.6 Å². The van der Waals surface area contributed by atoms with E-state index < -0.39 is 11.4 Å². The fourth-order valence-corrected chi connectivity index (χ4v) is 3.74. The van der Waals surface area contributed by atoms with Crippen LogP contribution in [0.5, 0.6) is 0 Å². The quantitative estimate of drug-likeness (QED) is 0.323. The van der Waals surface area contributed by atoms with E-state index in [1.54, 1.807) is 23.2 Å². The number of halogens is 1. The van der Waals surface area contributed by atoms with Crippen molar-refractivity contribution in [2.45, 2.75) is 38.8 Å². The molecule has 1 aliphatic heterocycles. The first-order valence-corrected chi connectivity index (χ1v) is 9.76. The van der Waals surface area contributed by atoms with Gasteiger partial charge in [0.2, 0.25) is 0 Å². The standard InChI is InChI=1S/C20H24ClN7O/c1-3-20(4-2)19(27-24-12-13-6-5-7-15(21)10-13)25-16-11-14(18(29)26-22)8-9-17(16)28(20)23/h5-11,22,24H,3-4,12,23H2,1-2H3,(H,25,27). The van der Waals surface area contributed by atoms with E-state index in [0.29, 0.717) is 28.7 Å². The first kappa shape index (κ1) is 20.9. The molecule has 2 aromatic rings. The van der Waals surface area contributed by atoms with Crippen LogP contribution in [0.2, 0.25) is 5.02 Å². The molecule has 152 valence electrons. The Morgan fingerprint density at radius 2 is 2.03 bits per heavy atom. The third kappa shape index (κ3) is 4.00. The van der Waals surface area contributed by atoms with E-state index >= 15 is 0 Å². The maximum absolute atomic E-state index is 11.8. The summed E-state index contributed by atoms with van der Waals surface area (Å²) >= 11 is 6.05. The van der Waals surface area contributed by atoms with Gasteiger partial charge in [-0.25, -0.2) is 21.8 Å². The molecule has 8 nitrogen and oxygen atoms in total. The predicted octanol–water partition coefficient (Wildman–Crippen LogP) is 4.09. The second-order valence-electron chi connectivity index (χ2n) is 6.80. The van der Waals surface area contributed by atoms with Crippen LogP contribution in [0.15, 0.2) is 52.6 Å². The SMILES string of the molecule is CCC1(CC)C(NNCc2cccc(Cl)c2)=Nc2cc(C(=O)N=N)ccc2N1N. The molecule has 0 saturated carbocycles. The second-order valence-corrected chi connectivity index (χ2v) is 7.23. The Kier molecular flexibility index (Phi) is 6.26. The monoisotopic (exact) mass is 413 g/mol. The number of fused-ring (bicyclic) bond motifs is 1.